The van der Waals surface area contributed by atoms with Crippen LogP contribution in [0.2, 0.25) is 0 Å². The van der Waals surface area contributed by atoms with Gasteiger partial charge < -0.3 is 19.7 Å². The average Bonchev–Trinajstić information content (AvgIpc) is 3.07. The van der Waals surface area contributed by atoms with Gasteiger partial charge in [-0.1, -0.05) is 12.1 Å². The van der Waals surface area contributed by atoms with Gasteiger partial charge in [-0.25, -0.2) is 4.98 Å². The smallest absolute Gasteiger partial charge is 0.219 e. The summed E-state index contributed by atoms with van der Waals surface area (Å²) in [7, 11) is 0. The molecule has 1 aliphatic heterocycles. The van der Waals surface area contributed by atoms with E-state index in [0.717, 1.165) is 63.7 Å². The van der Waals surface area contributed by atoms with E-state index in [0.29, 0.717) is 0 Å². The van der Waals surface area contributed by atoms with Gasteiger partial charge in [0.1, 0.15) is 0 Å². The van der Waals surface area contributed by atoms with Gasteiger partial charge in [0.15, 0.2) is 5.96 Å². The minimum atomic E-state index is 0.152. The molecule has 2 heterocycles. The Bertz CT molecular complexity index is 760. The summed E-state index contributed by atoms with van der Waals surface area (Å²) in [4.78, 5) is 24.8. The Hall–Kier alpha value is -2.57. The second kappa shape index (κ2) is 8.69. The van der Waals surface area contributed by atoms with Gasteiger partial charge in [-0.2, -0.15) is 0 Å². The summed E-state index contributed by atoms with van der Waals surface area (Å²) in [5.74, 6) is 1.10. The highest BCUT2D eigenvalue weighted by atomic mass is 16.2. The average molecular weight is 356 g/mol. The largest absolute Gasteiger partial charge is 0.357 e. The number of guanidine groups is 1. The lowest BCUT2D eigenvalue weighted by Crippen LogP contribution is -2.53. The quantitative estimate of drug-likeness (QED) is 0.502. The molecule has 2 aromatic rings. The van der Waals surface area contributed by atoms with Gasteiger partial charge in [0.2, 0.25) is 5.91 Å². The normalized spacial score (nSPS) is 15.5. The van der Waals surface area contributed by atoms with Crippen LogP contribution >= 0.6 is 0 Å². The van der Waals surface area contributed by atoms with E-state index >= 15 is 0 Å². The Morgan fingerprint density at radius 3 is 2.65 bits per heavy atom. The van der Waals surface area contributed by atoms with Crippen molar-refractivity contribution >= 4 is 22.9 Å². The molecule has 7 nitrogen and oxygen atoms in total. The van der Waals surface area contributed by atoms with Crippen LogP contribution in [0.25, 0.3) is 11.0 Å². The number of aliphatic imine (C=N–C) groups is 1. The molecule has 140 valence electrons. The molecule has 0 saturated carbocycles. The van der Waals surface area contributed by atoms with Crippen molar-refractivity contribution in [2.45, 2.75) is 26.8 Å². The summed E-state index contributed by atoms with van der Waals surface area (Å²) in [6.07, 6.45) is 2.86. The Balaban J connectivity index is 1.54. The third-order valence-electron chi connectivity index (χ3n) is 4.71. The maximum atomic E-state index is 11.5. The predicted octanol–water partition coefficient (Wildman–Crippen LogP) is 1.56. The van der Waals surface area contributed by atoms with Crippen molar-refractivity contribution in [1.82, 2.24) is 24.7 Å². The number of hydrogen-bond acceptors (Lipinski definition) is 3. The van der Waals surface area contributed by atoms with Crippen LogP contribution in [0.4, 0.5) is 0 Å². The monoisotopic (exact) mass is 356 g/mol. The Morgan fingerprint density at radius 1 is 1.19 bits per heavy atom. The molecule has 0 unspecified atom stereocenters. The maximum Gasteiger partial charge on any atom is 0.219 e. The highest BCUT2D eigenvalue weighted by molar-refractivity contribution is 5.80. The number of aromatic nitrogens is 2. The van der Waals surface area contributed by atoms with Crippen LogP contribution in [0, 0.1) is 0 Å². The first-order valence-electron chi connectivity index (χ1n) is 9.37. The number of hydrogen-bond donors (Lipinski definition) is 1. The van der Waals surface area contributed by atoms with E-state index in [1.165, 1.54) is 5.52 Å². The standard InChI is InChI=1S/C19H28N6O/c1-3-20-19(24-13-11-23(12-14-24)16(2)26)21-9-6-10-25-15-22-17-7-4-5-8-18(17)25/h4-5,7-8,15H,3,6,9-14H2,1-2H3,(H,20,21). The molecule has 0 atom stereocenters. The Kier molecular flexibility index (Phi) is 6.09. The molecular formula is C19H28N6O. The number of para-hydroxylation sites is 2. The molecule has 26 heavy (non-hydrogen) atoms. The lowest BCUT2D eigenvalue weighted by Gasteiger charge is -2.36. The number of imidazole rings is 1. The van der Waals surface area contributed by atoms with Crippen molar-refractivity contribution < 1.29 is 4.79 Å². The van der Waals surface area contributed by atoms with Gasteiger partial charge in [-0.3, -0.25) is 9.79 Å². The van der Waals surface area contributed by atoms with E-state index in [-0.39, 0.29) is 5.91 Å². The van der Waals surface area contributed by atoms with E-state index in [1.807, 2.05) is 29.4 Å². The van der Waals surface area contributed by atoms with Gasteiger partial charge in [0, 0.05) is 52.7 Å². The third-order valence-corrected chi connectivity index (χ3v) is 4.71. The van der Waals surface area contributed by atoms with E-state index in [4.69, 9.17) is 4.99 Å². The van der Waals surface area contributed by atoms with Crippen LogP contribution in [0.15, 0.2) is 35.6 Å². The zero-order valence-corrected chi connectivity index (χ0v) is 15.7. The third kappa shape index (κ3) is 4.33. The zero-order chi connectivity index (χ0) is 18.4. The Labute approximate surface area is 154 Å². The molecule has 1 aliphatic rings. The summed E-state index contributed by atoms with van der Waals surface area (Å²) >= 11 is 0. The summed E-state index contributed by atoms with van der Waals surface area (Å²) in [5.41, 5.74) is 2.21. The first-order chi connectivity index (χ1) is 12.7. The van der Waals surface area contributed by atoms with Crippen molar-refractivity contribution in [1.29, 1.82) is 0 Å². The maximum absolute atomic E-state index is 11.5. The van der Waals surface area contributed by atoms with Gasteiger partial charge in [-0.05, 0) is 25.5 Å². The summed E-state index contributed by atoms with van der Waals surface area (Å²) in [6.45, 7) is 9.42. The van der Waals surface area contributed by atoms with Crippen molar-refractivity contribution in [2.24, 2.45) is 4.99 Å². The van der Waals surface area contributed by atoms with Crippen molar-refractivity contribution in [3.8, 4) is 0 Å². The van der Waals surface area contributed by atoms with E-state index in [2.05, 4.69) is 32.8 Å². The lowest BCUT2D eigenvalue weighted by atomic mass is 10.3. The summed E-state index contributed by atoms with van der Waals surface area (Å²) < 4.78 is 2.18. The number of piperazine rings is 1. The van der Waals surface area contributed by atoms with Crippen LogP contribution in [0.3, 0.4) is 0 Å². The molecule has 0 bridgehead atoms. The van der Waals surface area contributed by atoms with Crippen LogP contribution in [-0.2, 0) is 11.3 Å². The fourth-order valence-electron chi connectivity index (χ4n) is 3.27. The fraction of sp³-hybridized carbons (Fsp3) is 0.526. The first-order valence-corrected chi connectivity index (χ1v) is 9.37. The molecule has 3 rings (SSSR count). The fourth-order valence-corrected chi connectivity index (χ4v) is 3.27. The van der Waals surface area contributed by atoms with Crippen molar-refractivity contribution in [3.63, 3.8) is 0 Å². The number of amides is 1. The molecule has 0 aliphatic carbocycles. The SMILES string of the molecule is CCNC(=NCCCn1cnc2ccccc21)N1CCN(C(C)=O)CC1. The molecular weight excluding hydrogens is 328 g/mol. The number of carbonyl (C=O) groups excluding carboxylic acids is 1. The molecule has 1 aromatic carbocycles. The number of benzene rings is 1. The van der Waals surface area contributed by atoms with Crippen LogP contribution < -0.4 is 5.32 Å². The van der Waals surface area contributed by atoms with E-state index in [1.54, 1.807) is 6.92 Å². The number of rotatable bonds is 5. The molecule has 1 aromatic heterocycles. The van der Waals surface area contributed by atoms with E-state index < -0.39 is 0 Å². The minimum absolute atomic E-state index is 0.152. The number of nitrogens with one attached hydrogen (secondary N) is 1. The highest BCUT2D eigenvalue weighted by Crippen LogP contribution is 2.12. The highest BCUT2D eigenvalue weighted by Gasteiger charge is 2.20. The summed E-state index contributed by atoms with van der Waals surface area (Å²) in [5, 5.41) is 3.37. The van der Waals surface area contributed by atoms with Gasteiger partial charge in [-0.15, -0.1) is 0 Å². The van der Waals surface area contributed by atoms with Crippen LogP contribution in [-0.4, -0.2) is 70.5 Å². The van der Waals surface area contributed by atoms with Crippen molar-refractivity contribution in [3.05, 3.63) is 30.6 Å². The number of aryl methyl sites for hydroxylation is 1. The molecule has 0 spiro atoms. The number of nitrogens with zero attached hydrogens (tertiary/aromatic N) is 5. The van der Waals surface area contributed by atoms with E-state index in [9.17, 15) is 4.79 Å². The lowest BCUT2D eigenvalue weighted by molar-refractivity contribution is -0.130. The topological polar surface area (TPSA) is 65.8 Å². The number of fused-ring (bicyclic) bond motifs is 1. The molecule has 1 saturated heterocycles. The van der Waals surface area contributed by atoms with Crippen molar-refractivity contribution in [2.75, 3.05) is 39.3 Å². The Morgan fingerprint density at radius 2 is 1.92 bits per heavy atom. The molecule has 1 amide bonds. The zero-order valence-electron chi connectivity index (χ0n) is 15.7. The second-order valence-electron chi connectivity index (χ2n) is 6.51. The van der Waals surface area contributed by atoms with Gasteiger partial charge in [0.25, 0.3) is 0 Å². The van der Waals surface area contributed by atoms with Crippen LogP contribution in [0.1, 0.15) is 20.3 Å². The summed E-state index contributed by atoms with van der Waals surface area (Å²) in [6, 6.07) is 8.19. The minimum Gasteiger partial charge on any atom is -0.357 e. The first kappa shape index (κ1) is 18.2. The number of carbonyl (C=O) groups is 1. The van der Waals surface area contributed by atoms with Gasteiger partial charge >= 0.3 is 0 Å². The van der Waals surface area contributed by atoms with Gasteiger partial charge in [0.05, 0.1) is 17.4 Å². The molecule has 1 N–H and O–H groups in total. The molecule has 1 fully saturated rings. The van der Waals surface area contributed by atoms with Crippen LogP contribution in [0.5, 0.6) is 0 Å². The molecule has 7 heteroatoms. The second-order valence-corrected chi connectivity index (χ2v) is 6.51. The predicted molar refractivity (Wildman–Crippen MR) is 104 cm³/mol. The molecule has 0 radical (unpaired) electrons.